The lowest BCUT2D eigenvalue weighted by Crippen LogP contribution is -2.42. The van der Waals surface area contributed by atoms with Crippen molar-refractivity contribution >= 4 is 17.5 Å². The lowest BCUT2D eigenvalue weighted by atomic mass is 10.1. The highest BCUT2D eigenvalue weighted by Gasteiger charge is 2.23. The Balaban J connectivity index is 2.93. The van der Waals surface area contributed by atoms with Gasteiger partial charge in [0, 0.05) is 19.3 Å². The van der Waals surface area contributed by atoms with E-state index in [0.29, 0.717) is 29.6 Å². The molecule has 1 heterocycles. The first-order valence-corrected chi connectivity index (χ1v) is 6.96. The number of likely N-dealkylation sites (N-methyl/N-ethyl adjacent to an activating group) is 1. The molecule has 112 valence electrons. The number of aromatic nitrogens is 1. The van der Waals surface area contributed by atoms with Crippen LogP contribution in [0.15, 0.2) is 12.3 Å². The molecule has 0 aliphatic carbocycles. The van der Waals surface area contributed by atoms with Gasteiger partial charge in [0.15, 0.2) is 0 Å². The number of carbonyl (C=O) groups excluding carboxylic acids is 1. The first kappa shape index (κ1) is 16.7. The summed E-state index contributed by atoms with van der Waals surface area (Å²) in [6.45, 7) is 8.20. The summed E-state index contributed by atoms with van der Waals surface area (Å²) in [4.78, 5) is 17.9. The van der Waals surface area contributed by atoms with E-state index in [1.54, 1.807) is 18.7 Å². The fourth-order valence-corrected chi connectivity index (χ4v) is 1.98. The summed E-state index contributed by atoms with van der Waals surface area (Å²) in [6.07, 6.45) is 1.44. The molecule has 0 spiro atoms. The number of nitrogens with zero attached hydrogens (tertiary/aromatic N) is 2. The van der Waals surface area contributed by atoms with E-state index in [-0.39, 0.29) is 12.5 Å². The highest BCUT2D eigenvalue weighted by molar-refractivity contribution is 6.32. The van der Waals surface area contributed by atoms with Crippen molar-refractivity contribution in [3.63, 3.8) is 0 Å². The zero-order chi connectivity index (χ0) is 15.3. The lowest BCUT2D eigenvalue weighted by molar-refractivity contribution is 0.0314. The first-order valence-electron chi connectivity index (χ1n) is 6.58. The lowest BCUT2D eigenvalue weighted by Gasteiger charge is -2.28. The normalized spacial score (nSPS) is 11.3. The molecule has 20 heavy (non-hydrogen) atoms. The average molecular weight is 301 g/mol. The van der Waals surface area contributed by atoms with Gasteiger partial charge in [0.2, 0.25) is 5.88 Å². The molecule has 0 aliphatic heterocycles. The number of amides is 1. The van der Waals surface area contributed by atoms with Gasteiger partial charge in [-0.25, -0.2) is 4.98 Å². The van der Waals surface area contributed by atoms with E-state index in [4.69, 9.17) is 16.3 Å². The fraction of sp³-hybridized carbons (Fsp3) is 0.571. The summed E-state index contributed by atoms with van der Waals surface area (Å²) >= 11 is 6.03. The average Bonchev–Trinajstić information content (AvgIpc) is 2.36. The van der Waals surface area contributed by atoms with E-state index in [1.165, 1.54) is 12.3 Å². The van der Waals surface area contributed by atoms with Crippen molar-refractivity contribution in [2.24, 2.45) is 0 Å². The van der Waals surface area contributed by atoms with Crippen molar-refractivity contribution < 1.29 is 14.6 Å². The Morgan fingerprint density at radius 3 is 2.60 bits per heavy atom. The summed E-state index contributed by atoms with van der Waals surface area (Å²) in [6, 6.07) is 1.54. The summed E-state index contributed by atoms with van der Waals surface area (Å²) in [7, 11) is 0. The highest BCUT2D eigenvalue weighted by Crippen LogP contribution is 2.23. The van der Waals surface area contributed by atoms with Crippen LogP contribution in [0.4, 0.5) is 0 Å². The van der Waals surface area contributed by atoms with Crippen molar-refractivity contribution in [2.45, 2.75) is 33.3 Å². The topological polar surface area (TPSA) is 62.7 Å². The fourth-order valence-electron chi connectivity index (χ4n) is 1.76. The molecule has 0 saturated heterocycles. The zero-order valence-electron chi connectivity index (χ0n) is 12.3. The number of aliphatic hydroxyl groups is 1. The molecule has 0 aromatic carbocycles. The second-order valence-corrected chi connectivity index (χ2v) is 5.48. The van der Waals surface area contributed by atoms with Crippen LogP contribution in [0.3, 0.4) is 0 Å². The molecular formula is C14H21ClN2O3. The number of rotatable bonds is 6. The Kier molecular flexibility index (Phi) is 5.77. The number of halogens is 1. The van der Waals surface area contributed by atoms with E-state index in [1.807, 2.05) is 13.8 Å². The van der Waals surface area contributed by atoms with E-state index in [9.17, 15) is 9.90 Å². The minimum Gasteiger partial charge on any atom is -0.477 e. The first-order chi connectivity index (χ1) is 9.28. The van der Waals surface area contributed by atoms with Gasteiger partial charge in [0.25, 0.3) is 5.91 Å². The van der Waals surface area contributed by atoms with Crippen molar-refractivity contribution in [1.82, 2.24) is 9.88 Å². The standard InChI is InChI=1S/C14H21ClN2O3/c1-5-17(9-14(3,4)19)13(18)10-7-11(15)12(16-8-10)20-6-2/h7-8,19H,5-6,9H2,1-4H3. The van der Waals surface area contributed by atoms with Gasteiger partial charge in [-0.05, 0) is 33.8 Å². The van der Waals surface area contributed by atoms with Crippen LogP contribution < -0.4 is 4.74 Å². The molecule has 0 fully saturated rings. The van der Waals surface area contributed by atoms with Crippen molar-refractivity contribution in [3.8, 4) is 5.88 Å². The molecule has 0 unspecified atom stereocenters. The van der Waals surface area contributed by atoms with Crippen LogP contribution in [-0.2, 0) is 0 Å². The molecule has 1 aromatic heterocycles. The monoisotopic (exact) mass is 300 g/mol. The number of ether oxygens (including phenoxy) is 1. The van der Waals surface area contributed by atoms with Crippen LogP contribution >= 0.6 is 11.6 Å². The number of hydrogen-bond donors (Lipinski definition) is 1. The van der Waals surface area contributed by atoms with Crippen LogP contribution in [-0.4, -0.2) is 46.2 Å². The zero-order valence-corrected chi connectivity index (χ0v) is 13.1. The van der Waals surface area contributed by atoms with Crippen LogP contribution in [0.1, 0.15) is 38.1 Å². The summed E-state index contributed by atoms with van der Waals surface area (Å²) < 4.78 is 5.23. The maximum Gasteiger partial charge on any atom is 0.255 e. The van der Waals surface area contributed by atoms with E-state index in [2.05, 4.69) is 4.98 Å². The second kappa shape index (κ2) is 6.90. The van der Waals surface area contributed by atoms with Gasteiger partial charge >= 0.3 is 0 Å². The Bertz CT molecular complexity index is 472. The molecule has 0 bridgehead atoms. The van der Waals surface area contributed by atoms with Crippen LogP contribution in [0.2, 0.25) is 5.02 Å². The molecule has 1 rings (SSSR count). The Morgan fingerprint density at radius 2 is 2.15 bits per heavy atom. The Morgan fingerprint density at radius 1 is 1.50 bits per heavy atom. The second-order valence-electron chi connectivity index (χ2n) is 5.08. The minimum atomic E-state index is -0.950. The minimum absolute atomic E-state index is 0.216. The third-order valence-corrected chi connectivity index (χ3v) is 2.85. The SMILES string of the molecule is CCOc1ncc(C(=O)N(CC)CC(C)(C)O)cc1Cl. The molecule has 0 atom stereocenters. The maximum atomic E-state index is 12.4. The smallest absolute Gasteiger partial charge is 0.255 e. The summed E-state index contributed by atoms with van der Waals surface area (Å²) in [5, 5.41) is 10.1. The molecule has 1 amide bonds. The van der Waals surface area contributed by atoms with Gasteiger partial charge < -0.3 is 14.7 Å². The van der Waals surface area contributed by atoms with Gasteiger partial charge in [-0.2, -0.15) is 0 Å². The van der Waals surface area contributed by atoms with Crippen molar-refractivity contribution in [2.75, 3.05) is 19.7 Å². The van der Waals surface area contributed by atoms with Gasteiger partial charge in [0.1, 0.15) is 5.02 Å². The van der Waals surface area contributed by atoms with E-state index in [0.717, 1.165) is 0 Å². The number of pyridine rings is 1. The summed E-state index contributed by atoms with van der Waals surface area (Å²) in [5.41, 5.74) is -0.571. The van der Waals surface area contributed by atoms with Gasteiger partial charge in [0.05, 0.1) is 17.8 Å². The largest absolute Gasteiger partial charge is 0.477 e. The number of hydrogen-bond acceptors (Lipinski definition) is 4. The summed E-state index contributed by atoms with van der Waals surface area (Å²) in [5.74, 6) is 0.100. The Hall–Kier alpha value is -1.33. The predicted octanol–water partition coefficient (Wildman–Crippen LogP) is 2.37. The van der Waals surface area contributed by atoms with E-state index < -0.39 is 5.60 Å². The van der Waals surface area contributed by atoms with Crippen molar-refractivity contribution in [1.29, 1.82) is 0 Å². The molecule has 1 N–H and O–H groups in total. The maximum absolute atomic E-state index is 12.4. The van der Waals surface area contributed by atoms with Crippen molar-refractivity contribution in [3.05, 3.63) is 22.8 Å². The van der Waals surface area contributed by atoms with Gasteiger partial charge in [-0.1, -0.05) is 11.6 Å². The van der Waals surface area contributed by atoms with Crippen LogP contribution in [0.25, 0.3) is 0 Å². The number of carbonyl (C=O) groups is 1. The van der Waals surface area contributed by atoms with Gasteiger partial charge in [-0.15, -0.1) is 0 Å². The quantitative estimate of drug-likeness (QED) is 0.876. The van der Waals surface area contributed by atoms with Gasteiger partial charge in [-0.3, -0.25) is 4.79 Å². The molecule has 0 aliphatic rings. The molecule has 1 aromatic rings. The third kappa shape index (κ3) is 4.65. The molecule has 0 saturated carbocycles. The Labute approximate surface area is 124 Å². The van der Waals surface area contributed by atoms with Crippen LogP contribution in [0.5, 0.6) is 5.88 Å². The highest BCUT2D eigenvalue weighted by atomic mass is 35.5. The third-order valence-electron chi connectivity index (χ3n) is 2.58. The van der Waals surface area contributed by atoms with E-state index >= 15 is 0 Å². The molecule has 0 radical (unpaired) electrons. The van der Waals surface area contributed by atoms with Crippen LogP contribution in [0, 0.1) is 0 Å². The predicted molar refractivity (Wildman–Crippen MR) is 78.3 cm³/mol. The molecule has 5 nitrogen and oxygen atoms in total. The molecule has 6 heteroatoms. The molecular weight excluding hydrogens is 280 g/mol.